The standard InChI is InChI=1S/C13H21ClN6O2/c1-13(2,3)22-12(21)20-6-4-19(5-7-20)10-8(15)9(14)17-11(16)18-10/h4-7,15H2,1-3H3,(H2,16,17,18). The first-order valence-electron chi connectivity index (χ1n) is 6.99. The van der Waals surface area contributed by atoms with Gasteiger partial charge in [-0.05, 0) is 20.8 Å². The molecule has 0 bridgehead atoms. The summed E-state index contributed by atoms with van der Waals surface area (Å²) in [5, 5.41) is 0.136. The number of nitrogens with two attached hydrogens (primary N) is 2. The molecule has 2 rings (SSSR count). The van der Waals surface area contributed by atoms with Crippen molar-refractivity contribution in [3.05, 3.63) is 5.15 Å². The van der Waals surface area contributed by atoms with Gasteiger partial charge in [0.2, 0.25) is 5.95 Å². The zero-order valence-corrected chi connectivity index (χ0v) is 13.7. The molecule has 1 fully saturated rings. The van der Waals surface area contributed by atoms with E-state index in [2.05, 4.69) is 9.97 Å². The van der Waals surface area contributed by atoms with Gasteiger partial charge in [-0.2, -0.15) is 9.97 Å². The lowest BCUT2D eigenvalue weighted by Gasteiger charge is -2.36. The summed E-state index contributed by atoms with van der Waals surface area (Å²) in [6.45, 7) is 7.67. The molecule has 1 saturated heterocycles. The van der Waals surface area contributed by atoms with Gasteiger partial charge in [-0.25, -0.2) is 4.79 Å². The Hall–Kier alpha value is -1.96. The van der Waals surface area contributed by atoms with Crippen LogP contribution in [-0.4, -0.2) is 52.7 Å². The molecule has 0 spiro atoms. The number of hydrogen-bond acceptors (Lipinski definition) is 7. The van der Waals surface area contributed by atoms with Crippen LogP contribution < -0.4 is 16.4 Å². The number of carbonyl (C=O) groups excluding carboxylic acids is 1. The van der Waals surface area contributed by atoms with E-state index in [1.54, 1.807) is 4.90 Å². The Balaban J connectivity index is 2.02. The molecule has 0 radical (unpaired) electrons. The molecule has 1 amide bonds. The van der Waals surface area contributed by atoms with Crippen LogP contribution in [0.1, 0.15) is 20.8 Å². The van der Waals surface area contributed by atoms with Crippen molar-refractivity contribution in [3.63, 3.8) is 0 Å². The van der Waals surface area contributed by atoms with Crippen LogP contribution in [0.15, 0.2) is 0 Å². The van der Waals surface area contributed by atoms with Crippen molar-refractivity contribution < 1.29 is 9.53 Å². The number of aromatic nitrogens is 2. The van der Waals surface area contributed by atoms with Gasteiger partial charge in [-0.1, -0.05) is 11.6 Å². The highest BCUT2D eigenvalue weighted by Crippen LogP contribution is 2.28. The Morgan fingerprint density at radius 1 is 1.18 bits per heavy atom. The highest BCUT2D eigenvalue weighted by atomic mass is 35.5. The fourth-order valence-electron chi connectivity index (χ4n) is 2.12. The van der Waals surface area contributed by atoms with E-state index in [1.165, 1.54) is 0 Å². The number of anilines is 3. The van der Waals surface area contributed by atoms with Gasteiger partial charge < -0.3 is 26.0 Å². The highest BCUT2D eigenvalue weighted by molar-refractivity contribution is 6.32. The van der Waals surface area contributed by atoms with E-state index in [9.17, 15) is 4.79 Å². The first-order chi connectivity index (χ1) is 10.2. The van der Waals surface area contributed by atoms with Crippen molar-refractivity contribution in [2.75, 3.05) is 42.5 Å². The molecule has 1 aromatic rings. The third-order valence-electron chi connectivity index (χ3n) is 3.13. The minimum atomic E-state index is -0.507. The minimum Gasteiger partial charge on any atom is -0.444 e. The highest BCUT2D eigenvalue weighted by Gasteiger charge is 2.27. The van der Waals surface area contributed by atoms with Gasteiger partial charge >= 0.3 is 6.09 Å². The van der Waals surface area contributed by atoms with Crippen molar-refractivity contribution in [3.8, 4) is 0 Å². The van der Waals surface area contributed by atoms with E-state index in [1.807, 2.05) is 25.7 Å². The van der Waals surface area contributed by atoms with Crippen LogP contribution in [-0.2, 0) is 4.74 Å². The lowest BCUT2D eigenvalue weighted by atomic mass is 10.2. The van der Waals surface area contributed by atoms with E-state index in [-0.39, 0.29) is 17.2 Å². The Kier molecular flexibility index (Phi) is 4.50. The van der Waals surface area contributed by atoms with Crippen LogP contribution >= 0.6 is 11.6 Å². The van der Waals surface area contributed by atoms with E-state index in [0.29, 0.717) is 37.7 Å². The Bertz CT molecular complexity index is 566. The summed E-state index contributed by atoms with van der Waals surface area (Å²) in [6, 6.07) is 0. The summed E-state index contributed by atoms with van der Waals surface area (Å²) < 4.78 is 5.36. The molecular weight excluding hydrogens is 308 g/mol. The van der Waals surface area contributed by atoms with Gasteiger partial charge in [0.15, 0.2) is 11.0 Å². The van der Waals surface area contributed by atoms with Crippen LogP contribution in [0.25, 0.3) is 0 Å². The van der Waals surface area contributed by atoms with Gasteiger partial charge in [0.1, 0.15) is 11.3 Å². The number of piperazine rings is 1. The summed E-state index contributed by atoms with van der Waals surface area (Å²) in [5.74, 6) is 0.574. The number of nitrogens with zero attached hydrogens (tertiary/aromatic N) is 4. The molecule has 1 aliphatic rings. The van der Waals surface area contributed by atoms with Gasteiger partial charge in [0.05, 0.1) is 0 Å². The lowest BCUT2D eigenvalue weighted by Crippen LogP contribution is -2.50. The molecule has 2 heterocycles. The molecule has 22 heavy (non-hydrogen) atoms. The molecule has 0 saturated carbocycles. The van der Waals surface area contributed by atoms with Gasteiger partial charge in [-0.15, -0.1) is 0 Å². The molecule has 0 atom stereocenters. The van der Waals surface area contributed by atoms with E-state index >= 15 is 0 Å². The summed E-state index contributed by atoms with van der Waals surface area (Å²) in [7, 11) is 0. The third-order valence-corrected chi connectivity index (χ3v) is 3.42. The van der Waals surface area contributed by atoms with Crippen molar-refractivity contribution in [2.45, 2.75) is 26.4 Å². The van der Waals surface area contributed by atoms with Crippen LogP contribution in [0.5, 0.6) is 0 Å². The van der Waals surface area contributed by atoms with Crippen molar-refractivity contribution in [1.29, 1.82) is 0 Å². The number of ether oxygens (including phenoxy) is 1. The second-order valence-corrected chi connectivity index (χ2v) is 6.42. The maximum atomic E-state index is 12.0. The van der Waals surface area contributed by atoms with Gasteiger partial charge in [-0.3, -0.25) is 0 Å². The fraction of sp³-hybridized carbons (Fsp3) is 0.615. The molecule has 0 aliphatic carbocycles. The Labute approximate surface area is 134 Å². The fourth-order valence-corrected chi connectivity index (χ4v) is 2.29. The van der Waals surface area contributed by atoms with E-state index in [0.717, 1.165) is 0 Å². The SMILES string of the molecule is CC(C)(C)OC(=O)N1CCN(c2nc(N)nc(Cl)c2N)CC1. The van der Waals surface area contributed by atoms with Gasteiger partial charge in [0, 0.05) is 26.2 Å². The molecule has 0 aromatic carbocycles. The number of amides is 1. The van der Waals surface area contributed by atoms with Crippen molar-refractivity contribution in [1.82, 2.24) is 14.9 Å². The molecule has 1 aliphatic heterocycles. The van der Waals surface area contributed by atoms with Crippen LogP contribution in [0.2, 0.25) is 5.15 Å². The molecule has 122 valence electrons. The summed E-state index contributed by atoms with van der Waals surface area (Å²) in [5.41, 5.74) is 11.3. The predicted molar refractivity (Wildman–Crippen MR) is 85.9 cm³/mol. The van der Waals surface area contributed by atoms with Crippen molar-refractivity contribution >= 4 is 35.1 Å². The second-order valence-electron chi connectivity index (χ2n) is 6.06. The van der Waals surface area contributed by atoms with Crippen molar-refractivity contribution in [2.24, 2.45) is 0 Å². The van der Waals surface area contributed by atoms with Crippen LogP contribution in [0, 0.1) is 0 Å². The van der Waals surface area contributed by atoms with Crippen LogP contribution in [0.4, 0.5) is 22.2 Å². The first-order valence-corrected chi connectivity index (χ1v) is 7.36. The maximum Gasteiger partial charge on any atom is 0.410 e. The zero-order chi connectivity index (χ0) is 16.5. The first kappa shape index (κ1) is 16.4. The Morgan fingerprint density at radius 3 is 2.32 bits per heavy atom. The molecular formula is C13H21ClN6O2. The maximum absolute atomic E-state index is 12.0. The van der Waals surface area contributed by atoms with Crippen LogP contribution in [0.3, 0.4) is 0 Å². The third kappa shape index (κ3) is 3.82. The molecule has 9 heteroatoms. The number of rotatable bonds is 1. The average Bonchev–Trinajstić information content (AvgIpc) is 2.41. The van der Waals surface area contributed by atoms with Gasteiger partial charge in [0.25, 0.3) is 0 Å². The topological polar surface area (TPSA) is 111 Å². The zero-order valence-electron chi connectivity index (χ0n) is 13.0. The Morgan fingerprint density at radius 2 is 1.77 bits per heavy atom. The number of nitrogen functional groups attached to an aromatic ring is 2. The number of carbonyl (C=O) groups is 1. The monoisotopic (exact) mass is 328 g/mol. The normalized spacial score (nSPS) is 15.8. The minimum absolute atomic E-state index is 0.0729. The van der Waals surface area contributed by atoms with E-state index in [4.69, 9.17) is 27.8 Å². The smallest absolute Gasteiger partial charge is 0.410 e. The molecule has 0 unspecified atom stereocenters. The number of hydrogen-bond donors (Lipinski definition) is 2. The van der Waals surface area contributed by atoms with E-state index < -0.39 is 5.60 Å². The lowest BCUT2D eigenvalue weighted by molar-refractivity contribution is 0.0240. The largest absolute Gasteiger partial charge is 0.444 e. The molecule has 4 N–H and O–H groups in total. The number of halogens is 1. The second kappa shape index (κ2) is 6.04. The predicted octanol–water partition coefficient (Wildman–Crippen LogP) is 1.35. The summed E-state index contributed by atoms with van der Waals surface area (Å²) in [6.07, 6.45) is -0.319. The summed E-state index contributed by atoms with van der Waals surface area (Å²) in [4.78, 5) is 23.6. The molecule has 8 nitrogen and oxygen atoms in total. The summed E-state index contributed by atoms with van der Waals surface area (Å²) >= 11 is 5.92. The average molecular weight is 329 g/mol. The molecule has 1 aromatic heterocycles. The quantitative estimate of drug-likeness (QED) is 0.748.